The third kappa shape index (κ3) is 4.32. The smallest absolute Gasteiger partial charge is 0.340 e. The van der Waals surface area contributed by atoms with E-state index >= 15 is 0 Å². The Morgan fingerprint density at radius 2 is 1.72 bits per heavy atom. The lowest BCUT2D eigenvalue weighted by Gasteiger charge is -2.13. The lowest BCUT2D eigenvalue weighted by molar-refractivity contribution is -0.114. The Bertz CT molecular complexity index is 802. The molecule has 2 aromatic carbocycles. The van der Waals surface area contributed by atoms with Gasteiger partial charge in [0.05, 0.1) is 24.9 Å². The Hall–Kier alpha value is -2.96. The van der Waals surface area contributed by atoms with Crippen molar-refractivity contribution in [2.75, 3.05) is 24.3 Å². The molecule has 0 aliphatic rings. The Kier molecular flexibility index (Phi) is 5.69. The monoisotopic (exact) mass is 348 g/mol. The minimum Gasteiger partial charge on any atom is -0.465 e. The van der Waals surface area contributed by atoms with E-state index in [1.54, 1.807) is 0 Å². The molecule has 0 saturated heterocycles. The summed E-state index contributed by atoms with van der Waals surface area (Å²) in [6.45, 7) is 3.47. The predicted octanol–water partition coefficient (Wildman–Crippen LogP) is 3.42. The number of benzene rings is 2. The highest BCUT2D eigenvalue weighted by Crippen LogP contribution is 2.21. The number of methoxy groups -OCH3 is 1. The number of ether oxygens (including phenoxy) is 1. The van der Waals surface area contributed by atoms with Crippen LogP contribution in [-0.4, -0.2) is 25.5 Å². The second kappa shape index (κ2) is 7.74. The number of esters is 1. The van der Waals surface area contributed by atoms with Crippen LogP contribution in [0.1, 0.15) is 21.5 Å². The van der Waals surface area contributed by atoms with Crippen molar-refractivity contribution in [2.24, 2.45) is 0 Å². The van der Waals surface area contributed by atoms with Crippen molar-refractivity contribution in [1.82, 2.24) is 0 Å². The minimum absolute atomic E-state index is 0.168. The maximum atomic E-state index is 13.8. The van der Waals surface area contributed by atoms with E-state index in [0.29, 0.717) is 11.8 Å². The Morgan fingerprint density at radius 1 is 1.08 bits per heavy atom. The van der Waals surface area contributed by atoms with Gasteiger partial charge in [0.25, 0.3) is 0 Å². The fraction of sp³-hybridized carbons (Fsp3) is 0.222. The molecule has 2 N–H and O–H groups in total. The van der Waals surface area contributed by atoms with Crippen LogP contribution in [0.15, 0.2) is 30.3 Å². The van der Waals surface area contributed by atoms with Crippen LogP contribution in [0.4, 0.5) is 20.2 Å². The summed E-state index contributed by atoms with van der Waals surface area (Å²) in [5, 5.41) is 5.30. The Balaban J connectivity index is 2.10. The second-order valence-electron chi connectivity index (χ2n) is 5.47. The fourth-order valence-corrected chi connectivity index (χ4v) is 2.32. The summed E-state index contributed by atoms with van der Waals surface area (Å²) >= 11 is 0. The van der Waals surface area contributed by atoms with Gasteiger partial charge in [-0.05, 0) is 31.0 Å². The van der Waals surface area contributed by atoms with Crippen LogP contribution in [0.5, 0.6) is 0 Å². The topological polar surface area (TPSA) is 67.4 Å². The average molecular weight is 348 g/mol. The highest BCUT2D eigenvalue weighted by Gasteiger charge is 2.17. The van der Waals surface area contributed by atoms with Gasteiger partial charge in [-0.25, -0.2) is 13.6 Å². The maximum Gasteiger partial charge on any atom is 0.340 e. The van der Waals surface area contributed by atoms with E-state index in [-0.39, 0.29) is 12.2 Å². The molecule has 0 unspecified atom stereocenters. The summed E-state index contributed by atoms with van der Waals surface area (Å²) < 4.78 is 31.8. The lowest BCUT2D eigenvalue weighted by atomic mass is 10.1. The van der Waals surface area contributed by atoms with E-state index in [1.807, 2.05) is 32.0 Å². The molecule has 0 spiro atoms. The first-order valence-corrected chi connectivity index (χ1v) is 7.50. The van der Waals surface area contributed by atoms with Crippen molar-refractivity contribution in [3.63, 3.8) is 0 Å². The zero-order valence-electron chi connectivity index (χ0n) is 14.1. The SMILES string of the molecule is COC(=O)c1cc(NCC(=O)Nc2c(C)cccc2C)c(F)cc1F. The number of aryl methyl sites for hydroxylation is 2. The van der Waals surface area contributed by atoms with Crippen LogP contribution in [-0.2, 0) is 9.53 Å². The number of hydrogen-bond acceptors (Lipinski definition) is 4. The number of para-hydroxylation sites is 1. The van der Waals surface area contributed by atoms with E-state index < -0.39 is 29.1 Å². The van der Waals surface area contributed by atoms with E-state index in [1.165, 1.54) is 0 Å². The van der Waals surface area contributed by atoms with Crippen LogP contribution in [0.3, 0.4) is 0 Å². The first-order valence-electron chi connectivity index (χ1n) is 7.50. The lowest BCUT2D eigenvalue weighted by Crippen LogP contribution is -2.23. The molecule has 0 aliphatic heterocycles. The minimum atomic E-state index is -1.03. The van der Waals surface area contributed by atoms with Gasteiger partial charge in [-0.1, -0.05) is 18.2 Å². The molecule has 0 aromatic heterocycles. The van der Waals surface area contributed by atoms with Crippen LogP contribution < -0.4 is 10.6 Å². The van der Waals surface area contributed by atoms with Crippen LogP contribution in [0, 0.1) is 25.5 Å². The van der Waals surface area contributed by atoms with E-state index in [9.17, 15) is 18.4 Å². The third-order valence-electron chi connectivity index (χ3n) is 3.65. The summed E-state index contributed by atoms with van der Waals surface area (Å²) in [6, 6.07) is 7.14. The molecule has 0 aliphatic carbocycles. The molecule has 0 radical (unpaired) electrons. The zero-order valence-corrected chi connectivity index (χ0v) is 14.1. The van der Waals surface area contributed by atoms with Gasteiger partial charge in [0.2, 0.25) is 5.91 Å². The van der Waals surface area contributed by atoms with Gasteiger partial charge in [-0.15, -0.1) is 0 Å². The molecule has 132 valence electrons. The number of halogens is 2. The molecule has 5 nitrogen and oxygen atoms in total. The van der Waals surface area contributed by atoms with Crippen molar-refractivity contribution in [3.05, 3.63) is 58.7 Å². The molecule has 0 bridgehead atoms. The Labute approximate surface area is 144 Å². The van der Waals surface area contributed by atoms with Gasteiger partial charge in [0.1, 0.15) is 11.6 Å². The highest BCUT2D eigenvalue weighted by molar-refractivity contribution is 5.95. The Morgan fingerprint density at radius 3 is 2.32 bits per heavy atom. The first-order chi connectivity index (χ1) is 11.8. The summed E-state index contributed by atoms with van der Waals surface area (Å²) in [4.78, 5) is 23.5. The molecule has 0 fully saturated rings. The van der Waals surface area contributed by atoms with Crippen molar-refractivity contribution >= 4 is 23.3 Å². The number of rotatable bonds is 5. The predicted molar refractivity (Wildman–Crippen MR) is 90.7 cm³/mol. The summed E-state index contributed by atoms with van der Waals surface area (Å²) in [6.07, 6.45) is 0. The van der Waals surface area contributed by atoms with E-state index in [2.05, 4.69) is 15.4 Å². The second-order valence-corrected chi connectivity index (χ2v) is 5.47. The summed E-state index contributed by atoms with van der Waals surface area (Å²) in [7, 11) is 1.09. The molecule has 2 aromatic rings. The van der Waals surface area contributed by atoms with Gasteiger partial charge >= 0.3 is 5.97 Å². The number of anilines is 2. The van der Waals surface area contributed by atoms with Gasteiger partial charge < -0.3 is 15.4 Å². The largest absolute Gasteiger partial charge is 0.465 e. The molecule has 0 heterocycles. The fourth-order valence-electron chi connectivity index (χ4n) is 2.32. The van der Waals surface area contributed by atoms with Crippen LogP contribution >= 0.6 is 0 Å². The van der Waals surface area contributed by atoms with Gasteiger partial charge in [-0.2, -0.15) is 0 Å². The van der Waals surface area contributed by atoms with Crippen LogP contribution in [0.25, 0.3) is 0 Å². The maximum absolute atomic E-state index is 13.8. The first kappa shape index (κ1) is 18.4. The standard InChI is InChI=1S/C18H18F2N2O3/c1-10-5-4-6-11(2)17(10)22-16(23)9-21-15-7-12(18(24)25-3)13(19)8-14(15)20/h4-8,21H,9H2,1-3H3,(H,22,23). The van der Waals surface area contributed by atoms with Crippen molar-refractivity contribution in [1.29, 1.82) is 0 Å². The number of carbonyl (C=O) groups is 2. The third-order valence-corrected chi connectivity index (χ3v) is 3.65. The van der Waals surface area contributed by atoms with Crippen molar-refractivity contribution in [2.45, 2.75) is 13.8 Å². The summed E-state index contributed by atoms with van der Waals surface area (Å²) in [5.74, 6) is -3.28. The average Bonchev–Trinajstić information content (AvgIpc) is 2.57. The molecule has 2 rings (SSSR count). The number of carbonyl (C=O) groups excluding carboxylic acids is 2. The quantitative estimate of drug-likeness (QED) is 0.813. The number of hydrogen-bond donors (Lipinski definition) is 2. The summed E-state index contributed by atoms with van der Waals surface area (Å²) in [5.41, 5.74) is 1.90. The van der Waals surface area contributed by atoms with Gasteiger partial charge in [0.15, 0.2) is 0 Å². The highest BCUT2D eigenvalue weighted by atomic mass is 19.1. The van der Waals surface area contributed by atoms with E-state index in [4.69, 9.17) is 0 Å². The normalized spacial score (nSPS) is 10.3. The van der Waals surface area contributed by atoms with Gasteiger partial charge in [0, 0.05) is 11.8 Å². The molecule has 25 heavy (non-hydrogen) atoms. The molecule has 7 heteroatoms. The van der Waals surface area contributed by atoms with E-state index in [0.717, 1.165) is 24.3 Å². The molecular weight excluding hydrogens is 330 g/mol. The van der Waals surface area contributed by atoms with Gasteiger partial charge in [-0.3, -0.25) is 4.79 Å². The molecule has 0 atom stereocenters. The number of amides is 1. The van der Waals surface area contributed by atoms with Crippen molar-refractivity contribution < 1.29 is 23.1 Å². The molecular formula is C18H18F2N2O3. The molecule has 1 amide bonds. The number of nitrogens with one attached hydrogen (secondary N) is 2. The van der Waals surface area contributed by atoms with Crippen LogP contribution in [0.2, 0.25) is 0 Å². The van der Waals surface area contributed by atoms with Crippen molar-refractivity contribution in [3.8, 4) is 0 Å². The zero-order chi connectivity index (χ0) is 18.6. The molecule has 0 saturated carbocycles.